The zero-order valence-electron chi connectivity index (χ0n) is 19.2. The van der Waals surface area contributed by atoms with E-state index in [0.717, 1.165) is 47.9 Å². The van der Waals surface area contributed by atoms with Gasteiger partial charge in [-0.15, -0.1) is 17.3 Å². The zero-order valence-corrected chi connectivity index (χ0v) is 20.0. The molecule has 1 aromatic heterocycles. The smallest absolute Gasteiger partial charge is 0.135 e. The van der Waals surface area contributed by atoms with Crippen LogP contribution in [0.1, 0.15) is 49.9 Å². The van der Waals surface area contributed by atoms with Gasteiger partial charge in [-0.3, -0.25) is 0 Å². The largest absolute Gasteiger partial charge is 0.490 e. The average molecular weight is 447 g/mol. The van der Waals surface area contributed by atoms with E-state index in [1.54, 1.807) is 18.4 Å². The molecule has 0 saturated carbocycles. The second-order valence-corrected chi connectivity index (χ2v) is 9.22. The number of nitrogens with one attached hydrogen (secondary N) is 1. The molecule has 0 radical (unpaired) electrons. The summed E-state index contributed by atoms with van der Waals surface area (Å²) in [5.74, 6) is 7.00. The van der Waals surface area contributed by atoms with Crippen molar-refractivity contribution >= 4 is 11.3 Å². The van der Waals surface area contributed by atoms with Gasteiger partial charge in [-0.25, -0.2) is 4.98 Å². The van der Waals surface area contributed by atoms with E-state index in [1.807, 2.05) is 33.0 Å². The Balaban J connectivity index is 1.61. The molecular weight excluding hydrogens is 416 g/mol. The number of thiazole rings is 1. The van der Waals surface area contributed by atoms with Crippen molar-refractivity contribution in [3.63, 3.8) is 0 Å². The average Bonchev–Trinajstić information content (AvgIpc) is 3.43. The molecule has 0 fully saturated rings. The van der Waals surface area contributed by atoms with E-state index in [1.165, 1.54) is 21.6 Å². The van der Waals surface area contributed by atoms with Gasteiger partial charge in [-0.1, -0.05) is 24.1 Å². The maximum atomic E-state index is 5.93. The molecule has 32 heavy (non-hydrogen) atoms. The lowest BCUT2D eigenvalue weighted by molar-refractivity contribution is 0.195. The minimum Gasteiger partial charge on any atom is -0.490 e. The van der Waals surface area contributed by atoms with E-state index >= 15 is 0 Å². The number of rotatable bonds is 8. The third kappa shape index (κ3) is 4.88. The van der Waals surface area contributed by atoms with Gasteiger partial charge < -0.3 is 14.8 Å². The fraction of sp³-hybridized carbons (Fsp3) is 0.370. The fourth-order valence-corrected chi connectivity index (χ4v) is 5.18. The first-order chi connectivity index (χ1) is 15.6. The molecule has 0 aliphatic heterocycles. The molecule has 1 aliphatic rings. The highest BCUT2D eigenvalue weighted by Crippen LogP contribution is 2.41. The Morgan fingerprint density at radius 2 is 2.12 bits per heavy atom. The number of aromatic nitrogens is 1. The van der Waals surface area contributed by atoms with Gasteiger partial charge in [0.15, 0.2) is 0 Å². The summed E-state index contributed by atoms with van der Waals surface area (Å²) in [6, 6.07) is 13.2. The van der Waals surface area contributed by atoms with Crippen LogP contribution in [-0.2, 0) is 11.2 Å². The van der Waals surface area contributed by atoms with Crippen molar-refractivity contribution in [1.29, 1.82) is 0 Å². The molecule has 1 atom stereocenters. The van der Waals surface area contributed by atoms with E-state index in [2.05, 4.69) is 47.5 Å². The number of hydrogen-bond acceptors (Lipinski definition) is 5. The molecular formula is C27H30N2O2S. The summed E-state index contributed by atoms with van der Waals surface area (Å²) in [7, 11) is 1.74. The molecule has 3 aromatic rings. The number of fused-ring (bicyclic) bond motifs is 1. The highest BCUT2D eigenvalue weighted by molar-refractivity contribution is 7.18. The van der Waals surface area contributed by atoms with Gasteiger partial charge in [0.2, 0.25) is 0 Å². The molecule has 1 aliphatic carbocycles. The first-order valence-corrected chi connectivity index (χ1v) is 12.0. The summed E-state index contributed by atoms with van der Waals surface area (Å²) in [6.45, 7) is 7.51. The van der Waals surface area contributed by atoms with Crippen LogP contribution in [0.4, 0.5) is 0 Å². The van der Waals surface area contributed by atoms with Gasteiger partial charge in [-0.05, 0) is 68.5 Å². The summed E-state index contributed by atoms with van der Waals surface area (Å²) in [6.07, 6.45) is 4.32. The lowest BCUT2D eigenvalue weighted by Crippen LogP contribution is -2.23. The highest BCUT2D eigenvalue weighted by atomic mass is 32.1. The van der Waals surface area contributed by atoms with Crippen molar-refractivity contribution in [1.82, 2.24) is 10.3 Å². The van der Waals surface area contributed by atoms with Gasteiger partial charge in [-0.2, -0.15) is 0 Å². The Kier molecular flexibility index (Phi) is 7.26. The third-order valence-corrected chi connectivity index (χ3v) is 6.67. The summed E-state index contributed by atoms with van der Waals surface area (Å²) in [5, 5.41) is 4.62. The standard InChI is InChI=1S/C27H30N2O2S/c1-5-7-19-16-20(10-13-25(19)31-18(2)3)27-29-17-26(32-27)23-9-6-8-22-21(23)11-12-24(22)28-14-15-30-4/h6,8-10,13,16-18,24,28H,11-12,14-15H2,1-4H3. The number of methoxy groups -OCH3 is 1. The molecule has 4 rings (SSSR count). The molecule has 4 nitrogen and oxygen atoms in total. The third-order valence-electron chi connectivity index (χ3n) is 5.59. The van der Waals surface area contributed by atoms with E-state index in [-0.39, 0.29) is 6.10 Å². The molecule has 1 heterocycles. The van der Waals surface area contributed by atoms with Gasteiger partial charge in [0.05, 0.1) is 23.2 Å². The number of nitrogens with zero attached hydrogens (tertiary/aromatic N) is 1. The lowest BCUT2D eigenvalue weighted by atomic mass is 10.0. The highest BCUT2D eigenvalue weighted by Gasteiger charge is 2.25. The molecule has 1 unspecified atom stereocenters. The van der Waals surface area contributed by atoms with Crippen LogP contribution in [-0.4, -0.2) is 31.3 Å². The summed E-state index contributed by atoms with van der Waals surface area (Å²) in [5.41, 5.74) is 6.12. The van der Waals surface area contributed by atoms with Gasteiger partial charge >= 0.3 is 0 Å². The number of benzene rings is 2. The predicted molar refractivity (Wildman–Crippen MR) is 132 cm³/mol. The number of hydrogen-bond donors (Lipinski definition) is 1. The maximum absolute atomic E-state index is 5.93. The molecule has 2 aromatic carbocycles. The topological polar surface area (TPSA) is 43.4 Å². The van der Waals surface area contributed by atoms with Crippen LogP contribution in [0.15, 0.2) is 42.6 Å². The first-order valence-electron chi connectivity index (χ1n) is 11.1. The van der Waals surface area contributed by atoms with E-state index in [9.17, 15) is 0 Å². The Labute approximate surface area is 195 Å². The van der Waals surface area contributed by atoms with Crippen LogP contribution in [0, 0.1) is 11.8 Å². The van der Waals surface area contributed by atoms with Crippen molar-refractivity contribution in [3.8, 4) is 38.6 Å². The molecule has 0 spiro atoms. The van der Waals surface area contributed by atoms with Crippen LogP contribution in [0.25, 0.3) is 21.0 Å². The molecule has 1 N–H and O–H groups in total. The maximum Gasteiger partial charge on any atom is 0.135 e. The Morgan fingerprint density at radius 3 is 2.91 bits per heavy atom. The van der Waals surface area contributed by atoms with E-state index in [4.69, 9.17) is 14.5 Å². The zero-order chi connectivity index (χ0) is 22.5. The van der Waals surface area contributed by atoms with Gasteiger partial charge in [0, 0.05) is 31.5 Å². The van der Waals surface area contributed by atoms with E-state index < -0.39 is 0 Å². The quantitative estimate of drug-likeness (QED) is 0.348. The summed E-state index contributed by atoms with van der Waals surface area (Å²) < 4.78 is 11.1. The monoisotopic (exact) mass is 446 g/mol. The minimum atomic E-state index is 0.109. The SMILES string of the molecule is CC#Cc1cc(-c2ncc(-c3cccc4c3CCC4NCCOC)s2)ccc1OC(C)C. The van der Waals surface area contributed by atoms with Crippen LogP contribution >= 0.6 is 11.3 Å². The van der Waals surface area contributed by atoms with Crippen molar-refractivity contribution < 1.29 is 9.47 Å². The number of ether oxygens (including phenoxy) is 2. The van der Waals surface area contributed by atoms with Crippen LogP contribution < -0.4 is 10.1 Å². The van der Waals surface area contributed by atoms with Crippen molar-refractivity contribution in [2.45, 2.75) is 45.8 Å². The van der Waals surface area contributed by atoms with Gasteiger partial charge in [0.1, 0.15) is 10.8 Å². The Hall–Kier alpha value is -2.65. The summed E-state index contributed by atoms with van der Waals surface area (Å²) in [4.78, 5) is 5.97. The van der Waals surface area contributed by atoms with Crippen molar-refractivity contribution in [3.05, 3.63) is 59.3 Å². The van der Waals surface area contributed by atoms with Crippen LogP contribution in [0.5, 0.6) is 5.75 Å². The first kappa shape index (κ1) is 22.5. The fourth-order valence-electron chi connectivity index (χ4n) is 4.22. The molecule has 5 heteroatoms. The predicted octanol–water partition coefficient (Wildman–Crippen LogP) is 5.86. The lowest BCUT2D eigenvalue weighted by Gasteiger charge is -2.14. The second kappa shape index (κ2) is 10.3. The normalized spacial score (nSPS) is 14.8. The van der Waals surface area contributed by atoms with E-state index in [0.29, 0.717) is 6.04 Å². The molecule has 0 bridgehead atoms. The van der Waals surface area contributed by atoms with Crippen molar-refractivity contribution in [2.75, 3.05) is 20.3 Å². The van der Waals surface area contributed by atoms with Crippen LogP contribution in [0.2, 0.25) is 0 Å². The minimum absolute atomic E-state index is 0.109. The molecule has 0 saturated heterocycles. The summed E-state index contributed by atoms with van der Waals surface area (Å²) >= 11 is 1.73. The van der Waals surface area contributed by atoms with Crippen LogP contribution in [0.3, 0.4) is 0 Å². The van der Waals surface area contributed by atoms with Crippen molar-refractivity contribution in [2.24, 2.45) is 0 Å². The molecule has 166 valence electrons. The Morgan fingerprint density at radius 1 is 1.25 bits per heavy atom. The second-order valence-electron chi connectivity index (χ2n) is 8.19. The Bertz CT molecular complexity index is 1140. The van der Waals surface area contributed by atoms with Gasteiger partial charge in [0.25, 0.3) is 0 Å². The molecule has 0 amide bonds.